The van der Waals surface area contributed by atoms with Crippen molar-refractivity contribution >= 4 is 24.1 Å². The molecule has 0 aliphatic rings. The average molecular weight is 276 g/mol. The van der Waals surface area contributed by atoms with Crippen LogP contribution in [0.5, 0.6) is 0 Å². The van der Waals surface area contributed by atoms with Crippen LogP contribution in [0.15, 0.2) is 24.3 Å². The van der Waals surface area contributed by atoms with E-state index in [0.717, 1.165) is 0 Å². The number of carboxylic acids is 1. The van der Waals surface area contributed by atoms with Crippen molar-refractivity contribution in [1.82, 2.24) is 5.32 Å². The third kappa shape index (κ3) is 4.66. The fourth-order valence-corrected chi connectivity index (χ4v) is 1.29. The van der Waals surface area contributed by atoms with Gasteiger partial charge in [0.1, 0.15) is 6.04 Å². The molecule has 0 spiro atoms. The van der Waals surface area contributed by atoms with Gasteiger partial charge in [-0.25, -0.2) is 0 Å². The Kier molecular flexibility index (Phi) is 6.88. The van der Waals surface area contributed by atoms with Gasteiger partial charge in [0.15, 0.2) is 0 Å². The lowest BCUT2D eigenvalue weighted by Gasteiger charge is -2.08. The second kappa shape index (κ2) is 7.59. The fraction of sp³-hybridized carbons (Fsp3) is 0.300. The Morgan fingerprint density at radius 2 is 2.11 bits per heavy atom. The highest BCUT2D eigenvalue weighted by Gasteiger charge is 2.14. The lowest BCUT2D eigenvalue weighted by molar-refractivity contribution is -0.385. The van der Waals surface area contributed by atoms with E-state index in [9.17, 15) is 14.9 Å². The first-order valence-corrected chi connectivity index (χ1v) is 4.93. The maximum Gasteiger partial charge on any atom is 0.321 e. The lowest BCUT2D eigenvalue weighted by Crippen LogP contribution is -2.40. The number of nitrogens with one attached hydrogen (secondary N) is 1. The zero-order valence-electron chi connectivity index (χ0n) is 9.41. The summed E-state index contributed by atoms with van der Waals surface area (Å²) in [6.07, 6.45) is 0. The van der Waals surface area contributed by atoms with E-state index >= 15 is 0 Å². The summed E-state index contributed by atoms with van der Waals surface area (Å²) in [6.45, 7) is 0.263. The van der Waals surface area contributed by atoms with Gasteiger partial charge in [0, 0.05) is 24.7 Å². The molecule has 0 saturated heterocycles. The maximum absolute atomic E-state index is 10.7. The van der Waals surface area contributed by atoms with E-state index in [1.54, 1.807) is 18.2 Å². The Bertz CT molecular complexity index is 427. The van der Waals surface area contributed by atoms with Crippen LogP contribution in [0.3, 0.4) is 0 Å². The molecular weight excluding hydrogens is 262 g/mol. The zero-order valence-corrected chi connectivity index (χ0v) is 10.2. The molecule has 100 valence electrons. The van der Waals surface area contributed by atoms with E-state index in [2.05, 4.69) is 5.32 Å². The maximum atomic E-state index is 10.7. The Morgan fingerprint density at radius 1 is 1.50 bits per heavy atom. The lowest BCUT2D eigenvalue weighted by atomic mass is 10.2. The van der Waals surface area contributed by atoms with Crippen molar-refractivity contribution in [1.29, 1.82) is 0 Å². The molecule has 0 aromatic heterocycles. The number of nitro benzene ring substituents is 1. The van der Waals surface area contributed by atoms with Crippen LogP contribution in [0.2, 0.25) is 0 Å². The molecule has 1 atom stereocenters. The van der Waals surface area contributed by atoms with Crippen LogP contribution in [0, 0.1) is 10.1 Å². The number of nitro groups is 1. The minimum absolute atomic E-state index is 0. The van der Waals surface area contributed by atoms with Gasteiger partial charge in [-0.15, -0.1) is 12.4 Å². The molecule has 0 bridgehead atoms. The molecule has 4 N–H and O–H groups in total. The minimum atomic E-state index is -1.11. The predicted molar refractivity (Wildman–Crippen MR) is 67.7 cm³/mol. The number of benzene rings is 1. The summed E-state index contributed by atoms with van der Waals surface area (Å²) < 4.78 is 0. The normalized spacial score (nSPS) is 11.4. The van der Waals surface area contributed by atoms with E-state index < -0.39 is 16.9 Å². The van der Waals surface area contributed by atoms with Crippen molar-refractivity contribution in [3.8, 4) is 0 Å². The molecule has 8 heteroatoms. The van der Waals surface area contributed by atoms with Gasteiger partial charge in [0.2, 0.25) is 0 Å². The number of nitrogens with zero attached hydrogens (tertiary/aromatic N) is 1. The SMILES string of the molecule is Cl.N[C@@H](CNCc1ccccc1[N+](=O)[O-])C(=O)O. The van der Waals surface area contributed by atoms with Gasteiger partial charge < -0.3 is 16.2 Å². The molecule has 1 rings (SSSR count). The molecule has 0 fully saturated rings. The second-order valence-electron chi connectivity index (χ2n) is 3.46. The molecule has 1 aromatic rings. The van der Waals surface area contributed by atoms with E-state index in [0.29, 0.717) is 5.56 Å². The summed E-state index contributed by atoms with van der Waals surface area (Å²) in [5.41, 5.74) is 5.78. The molecule has 1 aromatic carbocycles. The highest BCUT2D eigenvalue weighted by molar-refractivity contribution is 5.85. The molecule has 0 heterocycles. The summed E-state index contributed by atoms with van der Waals surface area (Å²) in [5.74, 6) is -1.11. The van der Waals surface area contributed by atoms with Gasteiger partial charge in [0.05, 0.1) is 4.92 Å². The molecule has 7 nitrogen and oxygen atoms in total. The van der Waals surface area contributed by atoms with Crippen LogP contribution in [0.1, 0.15) is 5.56 Å². The van der Waals surface area contributed by atoms with Crippen molar-refractivity contribution in [2.24, 2.45) is 5.73 Å². The van der Waals surface area contributed by atoms with Crippen LogP contribution in [0.4, 0.5) is 5.69 Å². The first kappa shape index (κ1) is 16.3. The van der Waals surface area contributed by atoms with Crippen LogP contribution < -0.4 is 11.1 Å². The van der Waals surface area contributed by atoms with E-state index in [1.165, 1.54) is 6.07 Å². The van der Waals surface area contributed by atoms with Crippen molar-refractivity contribution in [2.75, 3.05) is 6.54 Å². The summed E-state index contributed by atoms with van der Waals surface area (Å²) in [5, 5.41) is 22.0. The van der Waals surface area contributed by atoms with Gasteiger partial charge in [-0.2, -0.15) is 0 Å². The highest BCUT2D eigenvalue weighted by atomic mass is 35.5. The van der Waals surface area contributed by atoms with Gasteiger partial charge in [0.25, 0.3) is 5.69 Å². The number of aliphatic carboxylic acids is 1. The molecule has 0 amide bonds. The quantitative estimate of drug-likeness (QED) is 0.514. The molecular formula is C10H14ClN3O4. The second-order valence-corrected chi connectivity index (χ2v) is 3.46. The van der Waals surface area contributed by atoms with Gasteiger partial charge in [-0.05, 0) is 0 Å². The van der Waals surface area contributed by atoms with Crippen molar-refractivity contribution < 1.29 is 14.8 Å². The smallest absolute Gasteiger partial charge is 0.321 e. The van der Waals surface area contributed by atoms with Crippen molar-refractivity contribution in [3.63, 3.8) is 0 Å². The van der Waals surface area contributed by atoms with Crippen LogP contribution in [-0.4, -0.2) is 28.6 Å². The molecule has 0 unspecified atom stereocenters. The summed E-state index contributed by atoms with van der Waals surface area (Å²) in [4.78, 5) is 20.7. The Labute approximate surface area is 110 Å². The van der Waals surface area contributed by atoms with E-state index in [1.807, 2.05) is 0 Å². The van der Waals surface area contributed by atoms with Gasteiger partial charge in [-0.3, -0.25) is 14.9 Å². The van der Waals surface area contributed by atoms with Crippen LogP contribution in [-0.2, 0) is 11.3 Å². The molecule has 0 aliphatic carbocycles. The van der Waals surface area contributed by atoms with E-state index in [4.69, 9.17) is 10.8 Å². The fourth-order valence-electron chi connectivity index (χ4n) is 1.29. The number of carbonyl (C=O) groups is 1. The van der Waals surface area contributed by atoms with Crippen molar-refractivity contribution in [2.45, 2.75) is 12.6 Å². The average Bonchev–Trinajstić information content (AvgIpc) is 2.29. The molecule has 18 heavy (non-hydrogen) atoms. The van der Waals surface area contributed by atoms with Crippen molar-refractivity contribution in [3.05, 3.63) is 39.9 Å². The van der Waals surface area contributed by atoms with Gasteiger partial charge >= 0.3 is 5.97 Å². The van der Waals surface area contributed by atoms with Crippen LogP contribution in [0.25, 0.3) is 0 Å². The summed E-state index contributed by atoms with van der Waals surface area (Å²) in [7, 11) is 0. The molecule has 0 radical (unpaired) electrons. The Morgan fingerprint density at radius 3 is 2.67 bits per heavy atom. The number of hydrogen-bond acceptors (Lipinski definition) is 5. The number of para-hydroxylation sites is 1. The number of carboxylic acid groups (broad SMARTS) is 1. The zero-order chi connectivity index (χ0) is 12.8. The first-order valence-electron chi connectivity index (χ1n) is 4.93. The number of halogens is 1. The van der Waals surface area contributed by atoms with Gasteiger partial charge in [-0.1, -0.05) is 18.2 Å². The Hall–Kier alpha value is -1.70. The predicted octanol–water partition coefficient (Wildman–Crippen LogP) is 0.518. The molecule has 0 saturated carbocycles. The largest absolute Gasteiger partial charge is 0.480 e. The first-order chi connectivity index (χ1) is 8.02. The molecule has 0 aliphatic heterocycles. The third-order valence-electron chi connectivity index (χ3n) is 2.19. The summed E-state index contributed by atoms with van der Waals surface area (Å²) in [6, 6.07) is 5.25. The number of rotatable bonds is 6. The number of nitrogens with two attached hydrogens (primary N) is 1. The van der Waals surface area contributed by atoms with E-state index in [-0.39, 0.29) is 31.2 Å². The third-order valence-corrected chi connectivity index (χ3v) is 2.19. The Balaban J connectivity index is 0.00000289. The minimum Gasteiger partial charge on any atom is -0.480 e. The highest BCUT2D eigenvalue weighted by Crippen LogP contribution is 2.16. The monoisotopic (exact) mass is 275 g/mol. The standard InChI is InChI=1S/C10H13N3O4.ClH/c11-8(10(14)15)6-12-5-7-3-1-2-4-9(7)13(16)17;/h1-4,8,12H,5-6,11H2,(H,14,15);1H/t8-;/m0./s1. The summed E-state index contributed by atoms with van der Waals surface area (Å²) >= 11 is 0. The van der Waals surface area contributed by atoms with Crippen LogP contribution >= 0.6 is 12.4 Å². The topological polar surface area (TPSA) is 118 Å². The number of hydrogen-bond donors (Lipinski definition) is 3.